The van der Waals surface area contributed by atoms with Crippen LogP contribution in [0, 0.1) is 9.49 Å². The first kappa shape index (κ1) is 15.3. The van der Waals surface area contributed by atoms with Crippen molar-refractivity contribution in [2.45, 2.75) is 26.3 Å². The fourth-order valence-electron chi connectivity index (χ4n) is 1.52. The van der Waals surface area contributed by atoms with Crippen LogP contribution in [0.15, 0.2) is 24.3 Å². The minimum absolute atomic E-state index is 0.360. The lowest BCUT2D eigenvalue weighted by atomic mass is 10.1. The standard InChI is InChI=1S/C13H21IN2S/c1-10(2)8-17-9-13(16-15)7-11-3-5-12(14)6-4-11/h3-6,10,13,16H,7-9,15H2,1-2H3. The molecule has 1 rings (SSSR count). The topological polar surface area (TPSA) is 38.0 Å². The Kier molecular flexibility index (Phi) is 7.50. The zero-order valence-corrected chi connectivity index (χ0v) is 13.4. The molecule has 17 heavy (non-hydrogen) atoms. The van der Waals surface area contributed by atoms with Gasteiger partial charge in [-0.3, -0.25) is 11.3 Å². The van der Waals surface area contributed by atoms with Gasteiger partial charge in [0.15, 0.2) is 0 Å². The fourth-order valence-corrected chi connectivity index (χ4v) is 2.98. The van der Waals surface area contributed by atoms with Crippen LogP contribution in [0.2, 0.25) is 0 Å². The maximum Gasteiger partial charge on any atom is 0.0341 e. The Hall–Kier alpha value is 0.220. The Balaban J connectivity index is 2.38. The van der Waals surface area contributed by atoms with Crippen LogP contribution in [-0.4, -0.2) is 17.5 Å². The second-order valence-electron chi connectivity index (χ2n) is 4.63. The Bertz CT molecular complexity index is 314. The zero-order chi connectivity index (χ0) is 12.7. The van der Waals surface area contributed by atoms with E-state index >= 15 is 0 Å². The van der Waals surface area contributed by atoms with E-state index < -0.39 is 0 Å². The van der Waals surface area contributed by atoms with Gasteiger partial charge in [-0.2, -0.15) is 11.8 Å². The Labute approximate surface area is 122 Å². The highest BCUT2D eigenvalue weighted by molar-refractivity contribution is 14.1. The van der Waals surface area contributed by atoms with E-state index in [9.17, 15) is 0 Å². The van der Waals surface area contributed by atoms with Crippen molar-refractivity contribution in [1.29, 1.82) is 0 Å². The Morgan fingerprint density at radius 1 is 1.24 bits per heavy atom. The van der Waals surface area contributed by atoms with Crippen LogP contribution >= 0.6 is 34.4 Å². The molecule has 4 heteroatoms. The van der Waals surface area contributed by atoms with Crippen LogP contribution < -0.4 is 11.3 Å². The molecule has 1 atom stereocenters. The van der Waals surface area contributed by atoms with E-state index in [1.54, 1.807) is 0 Å². The molecule has 0 radical (unpaired) electrons. The molecule has 1 aromatic rings. The van der Waals surface area contributed by atoms with Gasteiger partial charge >= 0.3 is 0 Å². The second kappa shape index (κ2) is 8.34. The Morgan fingerprint density at radius 3 is 2.41 bits per heavy atom. The third kappa shape index (κ3) is 6.64. The minimum Gasteiger partial charge on any atom is -0.271 e. The van der Waals surface area contributed by atoms with E-state index in [1.165, 1.54) is 14.9 Å². The average molecular weight is 364 g/mol. The third-order valence-electron chi connectivity index (χ3n) is 2.40. The van der Waals surface area contributed by atoms with Gasteiger partial charge in [0.05, 0.1) is 0 Å². The third-order valence-corrected chi connectivity index (χ3v) is 4.66. The van der Waals surface area contributed by atoms with E-state index in [0.717, 1.165) is 18.1 Å². The molecule has 2 nitrogen and oxygen atoms in total. The molecule has 0 spiro atoms. The van der Waals surface area contributed by atoms with Gasteiger partial charge in [0.2, 0.25) is 0 Å². The summed E-state index contributed by atoms with van der Waals surface area (Å²) in [6.45, 7) is 4.49. The summed E-state index contributed by atoms with van der Waals surface area (Å²) in [5, 5.41) is 0. The monoisotopic (exact) mass is 364 g/mol. The largest absolute Gasteiger partial charge is 0.271 e. The molecule has 0 aromatic heterocycles. The summed E-state index contributed by atoms with van der Waals surface area (Å²) in [5.41, 5.74) is 4.26. The average Bonchev–Trinajstić information content (AvgIpc) is 2.30. The maximum atomic E-state index is 5.60. The molecule has 1 aromatic carbocycles. The van der Waals surface area contributed by atoms with Crippen molar-refractivity contribution in [1.82, 2.24) is 5.43 Å². The summed E-state index contributed by atoms with van der Waals surface area (Å²) >= 11 is 4.30. The molecule has 1 unspecified atom stereocenters. The highest BCUT2D eigenvalue weighted by atomic mass is 127. The van der Waals surface area contributed by atoms with Gasteiger partial charge in [-0.25, -0.2) is 0 Å². The number of hydrogen-bond donors (Lipinski definition) is 2. The first-order valence-electron chi connectivity index (χ1n) is 5.90. The highest BCUT2D eigenvalue weighted by Crippen LogP contribution is 2.13. The van der Waals surface area contributed by atoms with Gasteiger partial charge in [-0.1, -0.05) is 26.0 Å². The lowest BCUT2D eigenvalue weighted by Crippen LogP contribution is -2.38. The first-order chi connectivity index (χ1) is 8.11. The van der Waals surface area contributed by atoms with Crippen molar-refractivity contribution < 1.29 is 0 Å². The normalized spacial score (nSPS) is 13.0. The first-order valence-corrected chi connectivity index (χ1v) is 8.13. The van der Waals surface area contributed by atoms with Gasteiger partial charge in [0.1, 0.15) is 0 Å². The van der Waals surface area contributed by atoms with Crippen LogP contribution in [0.1, 0.15) is 19.4 Å². The van der Waals surface area contributed by atoms with E-state index in [1.807, 2.05) is 11.8 Å². The summed E-state index contributed by atoms with van der Waals surface area (Å²) in [6, 6.07) is 9.01. The van der Waals surface area contributed by atoms with Gasteiger partial charge in [-0.05, 0) is 58.4 Å². The molecule has 0 aliphatic heterocycles. The number of nitrogens with one attached hydrogen (secondary N) is 1. The van der Waals surface area contributed by atoms with Crippen molar-refractivity contribution >= 4 is 34.4 Å². The molecule has 0 saturated carbocycles. The number of benzene rings is 1. The molecule has 0 heterocycles. The predicted octanol–water partition coefficient (Wildman–Crippen LogP) is 3.05. The van der Waals surface area contributed by atoms with Crippen LogP contribution in [-0.2, 0) is 6.42 Å². The number of halogens is 1. The van der Waals surface area contributed by atoms with Crippen LogP contribution in [0.4, 0.5) is 0 Å². The van der Waals surface area contributed by atoms with Crippen molar-refractivity contribution in [3.63, 3.8) is 0 Å². The van der Waals surface area contributed by atoms with Crippen LogP contribution in [0.25, 0.3) is 0 Å². The molecular weight excluding hydrogens is 343 g/mol. The summed E-state index contributed by atoms with van der Waals surface area (Å²) in [5.74, 6) is 8.62. The Morgan fingerprint density at radius 2 is 1.88 bits per heavy atom. The number of rotatable bonds is 7. The van der Waals surface area contributed by atoms with E-state index in [2.05, 4.69) is 66.1 Å². The van der Waals surface area contributed by atoms with Gasteiger partial charge in [0.25, 0.3) is 0 Å². The summed E-state index contributed by atoms with van der Waals surface area (Å²) in [7, 11) is 0. The highest BCUT2D eigenvalue weighted by Gasteiger charge is 2.08. The van der Waals surface area contributed by atoms with Crippen molar-refractivity contribution in [3.05, 3.63) is 33.4 Å². The van der Waals surface area contributed by atoms with Gasteiger partial charge in [0, 0.05) is 15.4 Å². The summed E-state index contributed by atoms with van der Waals surface area (Å²) in [6.07, 6.45) is 0.999. The molecule has 0 aliphatic carbocycles. The zero-order valence-electron chi connectivity index (χ0n) is 10.4. The molecule has 0 aliphatic rings. The minimum atomic E-state index is 0.360. The maximum absolute atomic E-state index is 5.60. The molecular formula is C13H21IN2S. The van der Waals surface area contributed by atoms with Gasteiger partial charge in [-0.15, -0.1) is 0 Å². The van der Waals surface area contributed by atoms with E-state index in [4.69, 9.17) is 5.84 Å². The lowest BCUT2D eigenvalue weighted by molar-refractivity contribution is 0.574. The predicted molar refractivity (Wildman–Crippen MR) is 86.1 cm³/mol. The van der Waals surface area contributed by atoms with Crippen molar-refractivity contribution in [2.75, 3.05) is 11.5 Å². The van der Waals surface area contributed by atoms with Crippen LogP contribution in [0.5, 0.6) is 0 Å². The second-order valence-corrected chi connectivity index (χ2v) is 6.95. The fraction of sp³-hybridized carbons (Fsp3) is 0.538. The quantitative estimate of drug-likeness (QED) is 0.444. The number of nitrogens with two attached hydrogens (primary N) is 1. The molecule has 0 amide bonds. The summed E-state index contributed by atoms with van der Waals surface area (Å²) < 4.78 is 1.28. The summed E-state index contributed by atoms with van der Waals surface area (Å²) in [4.78, 5) is 0. The molecule has 3 N–H and O–H groups in total. The molecule has 0 fully saturated rings. The molecule has 0 saturated heterocycles. The van der Waals surface area contributed by atoms with Crippen molar-refractivity contribution in [3.8, 4) is 0 Å². The van der Waals surface area contributed by atoms with Crippen molar-refractivity contribution in [2.24, 2.45) is 11.8 Å². The van der Waals surface area contributed by atoms with Gasteiger partial charge < -0.3 is 0 Å². The van der Waals surface area contributed by atoms with E-state index in [-0.39, 0.29) is 0 Å². The SMILES string of the molecule is CC(C)CSCC(Cc1ccc(I)cc1)NN. The molecule has 96 valence electrons. The number of hydrogen-bond acceptors (Lipinski definition) is 3. The molecule has 0 bridgehead atoms. The van der Waals surface area contributed by atoms with Crippen LogP contribution in [0.3, 0.4) is 0 Å². The number of hydrazine groups is 1. The lowest BCUT2D eigenvalue weighted by Gasteiger charge is -2.16. The number of thioether (sulfide) groups is 1. The van der Waals surface area contributed by atoms with E-state index in [0.29, 0.717) is 6.04 Å². The smallest absolute Gasteiger partial charge is 0.0341 e.